The minimum Gasteiger partial charge on any atom is -0.479 e. The lowest BCUT2D eigenvalue weighted by molar-refractivity contribution is -0.127. The lowest BCUT2D eigenvalue weighted by atomic mass is 10.1. The topological polar surface area (TPSA) is 79.8 Å². The number of carbonyl (C=O) groups is 2. The number of carbonyl (C=O) groups excluding carboxylic acids is 2. The SMILES string of the molecule is CC(=NNC(=O)C(C)Oc1ccc(Cl)cc1Cl)c1cccc(NC(=O)C2CC2)c1. The van der Waals surface area contributed by atoms with E-state index in [1.54, 1.807) is 32.0 Å². The van der Waals surface area contributed by atoms with Gasteiger partial charge < -0.3 is 10.1 Å². The maximum atomic E-state index is 12.3. The zero-order chi connectivity index (χ0) is 21.0. The van der Waals surface area contributed by atoms with Crippen LogP contribution in [0.1, 0.15) is 32.3 Å². The molecule has 6 nitrogen and oxygen atoms in total. The van der Waals surface area contributed by atoms with Gasteiger partial charge in [-0.2, -0.15) is 5.10 Å². The van der Waals surface area contributed by atoms with Crippen molar-refractivity contribution in [3.63, 3.8) is 0 Å². The Morgan fingerprint density at radius 3 is 2.62 bits per heavy atom. The summed E-state index contributed by atoms with van der Waals surface area (Å²) < 4.78 is 5.57. The molecule has 0 spiro atoms. The highest BCUT2D eigenvalue weighted by atomic mass is 35.5. The molecule has 1 aliphatic carbocycles. The second-order valence-electron chi connectivity index (χ2n) is 6.85. The molecule has 0 aliphatic heterocycles. The van der Waals surface area contributed by atoms with Gasteiger partial charge in [0, 0.05) is 16.6 Å². The second kappa shape index (κ2) is 9.29. The summed E-state index contributed by atoms with van der Waals surface area (Å²) in [5.41, 5.74) is 4.57. The van der Waals surface area contributed by atoms with Crippen molar-refractivity contribution in [2.45, 2.75) is 32.8 Å². The Bertz CT molecular complexity index is 958. The van der Waals surface area contributed by atoms with Crippen molar-refractivity contribution in [1.29, 1.82) is 0 Å². The van der Waals surface area contributed by atoms with Gasteiger partial charge in [-0.05, 0) is 62.6 Å². The van der Waals surface area contributed by atoms with Gasteiger partial charge in [-0.25, -0.2) is 5.43 Å². The highest BCUT2D eigenvalue weighted by Gasteiger charge is 2.29. The number of halogens is 2. The number of hydrogen-bond acceptors (Lipinski definition) is 4. The van der Waals surface area contributed by atoms with Crippen molar-refractivity contribution in [1.82, 2.24) is 5.43 Å². The molecule has 29 heavy (non-hydrogen) atoms. The minimum atomic E-state index is -0.811. The molecular weight excluding hydrogens is 413 g/mol. The highest BCUT2D eigenvalue weighted by molar-refractivity contribution is 6.35. The number of amides is 2. The fourth-order valence-corrected chi connectivity index (χ4v) is 2.97. The van der Waals surface area contributed by atoms with Crippen LogP contribution in [0.25, 0.3) is 0 Å². The van der Waals surface area contributed by atoms with Crippen LogP contribution in [0.15, 0.2) is 47.6 Å². The third kappa shape index (κ3) is 5.95. The highest BCUT2D eigenvalue weighted by Crippen LogP contribution is 2.30. The van der Waals surface area contributed by atoms with E-state index < -0.39 is 12.0 Å². The molecule has 1 fully saturated rings. The van der Waals surface area contributed by atoms with Crippen molar-refractivity contribution >= 4 is 46.4 Å². The number of ether oxygens (including phenoxy) is 1. The van der Waals surface area contributed by atoms with Gasteiger partial charge in [0.25, 0.3) is 5.91 Å². The van der Waals surface area contributed by atoms with Gasteiger partial charge in [0.2, 0.25) is 5.91 Å². The quantitative estimate of drug-likeness (QED) is 0.492. The molecule has 0 aromatic heterocycles. The first-order chi connectivity index (χ1) is 13.8. The summed E-state index contributed by atoms with van der Waals surface area (Å²) in [6, 6.07) is 12.1. The molecule has 2 aromatic rings. The van der Waals surface area contributed by atoms with Crippen LogP contribution in [0.4, 0.5) is 5.69 Å². The van der Waals surface area contributed by atoms with Crippen molar-refractivity contribution < 1.29 is 14.3 Å². The molecule has 152 valence electrons. The van der Waals surface area contributed by atoms with E-state index in [1.807, 2.05) is 24.3 Å². The van der Waals surface area contributed by atoms with E-state index in [-0.39, 0.29) is 11.8 Å². The zero-order valence-electron chi connectivity index (χ0n) is 16.0. The van der Waals surface area contributed by atoms with Crippen molar-refractivity contribution in [2.24, 2.45) is 11.0 Å². The molecule has 1 aliphatic rings. The van der Waals surface area contributed by atoms with Gasteiger partial charge in [0.05, 0.1) is 10.7 Å². The summed E-state index contributed by atoms with van der Waals surface area (Å²) in [6.45, 7) is 3.36. The van der Waals surface area contributed by atoms with E-state index in [2.05, 4.69) is 15.8 Å². The van der Waals surface area contributed by atoms with E-state index >= 15 is 0 Å². The Kier molecular flexibility index (Phi) is 6.77. The maximum Gasteiger partial charge on any atom is 0.280 e. The van der Waals surface area contributed by atoms with Gasteiger partial charge in [0.1, 0.15) is 5.75 Å². The van der Waals surface area contributed by atoms with Gasteiger partial charge in [0.15, 0.2) is 6.10 Å². The molecule has 1 atom stereocenters. The Balaban J connectivity index is 1.59. The molecule has 8 heteroatoms. The zero-order valence-corrected chi connectivity index (χ0v) is 17.6. The summed E-state index contributed by atoms with van der Waals surface area (Å²) in [4.78, 5) is 24.2. The molecule has 1 unspecified atom stereocenters. The predicted molar refractivity (Wildman–Crippen MR) is 115 cm³/mol. The molecule has 0 heterocycles. The van der Waals surface area contributed by atoms with Gasteiger partial charge in [-0.15, -0.1) is 0 Å². The summed E-state index contributed by atoms with van der Waals surface area (Å²) in [6.07, 6.45) is 1.08. The number of anilines is 1. The fraction of sp³-hybridized carbons (Fsp3) is 0.286. The second-order valence-corrected chi connectivity index (χ2v) is 7.70. The normalized spacial score (nSPS) is 14.8. The largest absolute Gasteiger partial charge is 0.479 e. The third-order valence-electron chi connectivity index (χ3n) is 4.40. The Hall–Kier alpha value is -2.57. The molecule has 1 saturated carbocycles. The first kappa shape index (κ1) is 21.1. The Morgan fingerprint density at radius 2 is 1.93 bits per heavy atom. The van der Waals surface area contributed by atoms with Crippen LogP contribution in [0.3, 0.4) is 0 Å². The van der Waals surface area contributed by atoms with Gasteiger partial charge in [-0.1, -0.05) is 35.3 Å². The van der Waals surface area contributed by atoms with E-state index in [0.29, 0.717) is 27.2 Å². The molecule has 0 radical (unpaired) electrons. The Labute approximate surface area is 179 Å². The fourth-order valence-electron chi connectivity index (χ4n) is 2.52. The lowest BCUT2D eigenvalue weighted by Crippen LogP contribution is -2.34. The van der Waals surface area contributed by atoms with Crippen molar-refractivity contribution in [3.05, 3.63) is 58.1 Å². The van der Waals surface area contributed by atoms with Crippen LogP contribution < -0.4 is 15.5 Å². The first-order valence-electron chi connectivity index (χ1n) is 9.20. The minimum absolute atomic E-state index is 0.0388. The maximum absolute atomic E-state index is 12.3. The van der Waals surface area contributed by atoms with Crippen molar-refractivity contribution in [2.75, 3.05) is 5.32 Å². The number of nitrogens with zero attached hydrogens (tertiary/aromatic N) is 1. The molecule has 2 N–H and O–H groups in total. The van der Waals surface area contributed by atoms with E-state index in [4.69, 9.17) is 27.9 Å². The summed E-state index contributed by atoms with van der Waals surface area (Å²) in [5.74, 6) is 0.104. The average molecular weight is 434 g/mol. The number of nitrogens with one attached hydrogen (secondary N) is 2. The molecule has 0 saturated heterocycles. The number of rotatable bonds is 7. The summed E-state index contributed by atoms with van der Waals surface area (Å²) >= 11 is 11.9. The lowest BCUT2D eigenvalue weighted by Gasteiger charge is -2.14. The summed E-state index contributed by atoms with van der Waals surface area (Å²) in [5, 5.41) is 7.83. The van der Waals surface area contributed by atoms with E-state index in [9.17, 15) is 9.59 Å². The van der Waals surface area contributed by atoms with E-state index in [0.717, 1.165) is 18.4 Å². The van der Waals surface area contributed by atoms with Crippen LogP contribution in [0, 0.1) is 5.92 Å². The Morgan fingerprint density at radius 1 is 1.17 bits per heavy atom. The van der Waals surface area contributed by atoms with Crippen LogP contribution in [-0.2, 0) is 9.59 Å². The average Bonchev–Trinajstić information content (AvgIpc) is 3.53. The standard InChI is InChI=1S/C21H21Cl2N3O3/c1-12(15-4-3-5-17(10-15)24-21(28)14-6-7-14)25-26-20(27)13(2)29-19-9-8-16(22)11-18(19)23/h3-5,8-11,13-14H,6-7H2,1-2H3,(H,24,28)(H,26,27). The van der Waals surface area contributed by atoms with Gasteiger partial charge in [-0.3, -0.25) is 9.59 Å². The number of hydrogen-bond donors (Lipinski definition) is 2. The van der Waals surface area contributed by atoms with Crippen LogP contribution >= 0.6 is 23.2 Å². The smallest absolute Gasteiger partial charge is 0.280 e. The van der Waals surface area contributed by atoms with Gasteiger partial charge >= 0.3 is 0 Å². The van der Waals surface area contributed by atoms with Crippen LogP contribution in [-0.4, -0.2) is 23.6 Å². The third-order valence-corrected chi connectivity index (χ3v) is 4.93. The number of hydrazone groups is 1. The van der Waals surface area contributed by atoms with Crippen molar-refractivity contribution in [3.8, 4) is 5.75 Å². The summed E-state index contributed by atoms with van der Waals surface area (Å²) in [7, 11) is 0. The first-order valence-corrected chi connectivity index (χ1v) is 9.96. The molecule has 3 rings (SSSR count). The van der Waals surface area contributed by atoms with Crippen LogP contribution in [0.5, 0.6) is 5.75 Å². The number of benzene rings is 2. The van der Waals surface area contributed by atoms with E-state index in [1.165, 1.54) is 0 Å². The molecular formula is C21H21Cl2N3O3. The molecule has 2 aromatic carbocycles. The molecule has 0 bridgehead atoms. The monoisotopic (exact) mass is 433 g/mol. The predicted octanol–water partition coefficient (Wildman–Crippen LogP) is 4.65. The van der Waals surface area contributed by atoms with Crippen LogP contribution in [0.2, 0.25) is 10.0 Å². The molecule has 2 amide bonds.